The molecule has 0 aromatic carbocycles. The van der Waals surface area contributed by atoms with Crippen LogP contribution in [-0.2, 0) is 4.74 Å². The second-order valence-electron chi connectivity index (χ2n) is 5.79. The number of piperidine rings is 1. The fraction of sp³-hybridized carbons (Fsp3) is 0.846. The largest absolute Gasteiger partial charge is 0.444 e. The Balaban J connectivity index is 2.28. The lowest BCUT2D eigenvalue weighted by Crippen LogP contribution is -2.41. The number of nitrogens with zero attached hydrogens (tertiary/aromatic N) is 2. The summed E-state index contributed by atoms with van der Waals surface area (Å²) in [5, 5.41) is 11.3. The predicted octanol–water partition coefficient (Wildman–Crippen LogP) is 2.87. The molecule has 0 aromatic rings. The van der Waals surface area contributed by atoms with Crippen molar-refractivity contribution in [3.63, 3.8) is 0 Å². The number of oxime groups is 1. The molecule has 1 aliphatic heterocycles. The number of amides is 1. The number of carbonyl (C=O) groups is 1. The number of ether oxygens (including phenoxy) is 1. The quantitative estimate of drug-likeness (QED) is 0.480. The highest BCUT2D eigenvalue weighted by atomic mass is 16.6. The Morgan fingerprint density at radius 1 is 1.44 bits per heavy atom. The fourth-order valence-electron chi connectivity index (χ4n) is 2.10. The van der Waals surface area contributed by atoms with E-state index < -0.39 is 5.60 Å². The van der Waals surface area contributed by atoms with Crippen molar-refractivity contribution in [2.75, 3.05) is 13.1 Å². The van der Waals surface area contributed by atoms with Crippen LogP contribution >= 0.6 is 0 Å². The Morgan fingerprint density at radius 2 is 2.06 bits per heavy atom. The highest BCUT2D eigenvalue weighted by molar-refractivity contribution is 5.68. The van der Waals surface area contributed by atoms with Gasteiger partial charge in [0.1, 0.15) is 5.60 Å². The van der Waals surface area contributed by atoms with E-state index in [0.717, 1.165) is 38.8 Å². The zero-order chi connectivity index (χ0) is 13.6. The van der Waals surface area contributed by atoms with Crippen LogP contribution < -0.4 is 0 Å². The van der Waals surface area contributed by atoms with Crippen LogP contribution in [0.1, 0.15) is 46.5 Å². The summed E-state index contributed by atoms with van der Waals surface area (Å²) in [6.45, 7) is 7.16. The molecule has 1 rings (SSSR count). The zero-order valence-electron chi connectivity index (χ0n) is 11.6. The monoisotopic (exact) mass is 256 g/mol. The van der Waals surface area contributed by atoms with E-state index in [2.05, 4.69) is 5.16 Å². The number of hydrogen-bond donors (Lipinski definition) is 1. The summed E-state index contributed by atoms with van der Waals surface area (Å²) < 4.78 is 5.34. The maximum absolute atomic E-state index is 11.8. The molecule has 0 unspecified atom stereocenters. The van der Waals surface area contributed by atoms with Gasteiger partial charge in [0.15, 0.2) is 0 Å². The standard InChI is InChI=1S/C13H24N2O3/c1-13(2,3)18-12(16)15-9-6-11(7-10-15)5-4-8-14-17/h8,11,17H,4-7,9-10H2,1-3H3/b14-8+. The minimum absolute atomic E-state index is 0.210. The molecule has 104 valence electrons. The van der Waals surface area contributed by atoms with Crippen LogP contribution in [0.2, 0.25) is 0 Å². The van der Waals surface area contributed by atoms with Gasteiger partial charge in [0.25, 0.3) is 0 Å². The first kappa shape index (κ1) is 14.8. The topological polar surface area (TPSA) is 62.1 Å². The summed E-state index contributed by atoms with van der Waals surface area (Å²) in [4.78, 5) is 13.6. The van der Waals surface area contributed by atoms with E-state index >= 15 is 0 Å². The molecule has 1 amide bonds. The molecule has 5 nitrogen and oxygen atoms in total. The first-order valence-electron chi connectivity index (χ1n) is 6.56. The molecule has 1 aliphatic rings. The molecular weight excluding hydrogens is 232 g/mol. The van der Waals surface area contributed by atoms with Crippen molar-refractivity contribution in [3.05, 3.63) is 0 Å². The third kappa shape index (κ3) is 5.38. The molecule has 0 aliphatic carbocycles. The Hall–Kier alpha value is -1.26. The molecule has 0 spiro atoms. The van der Waals surface area contributed by atoms with Crippen LogP contribution in [0.4, 0.5) is 4.79 Å². The fourth-order valence-corrected chi connectivity index (χ4v) is 2.10. The summed E-state index contributed by atoms with van der Waals surface area (Å²) >= 11 is 0. The van der Waals surface area contributed by atoms with Gasteiger partial charge < -0.3 is 14.8 Å². The number of likely N-dealkylation sites (tertiary alicyclic amines) is 1. The average Bonchev–Trinajstić information content (AvgIpc) is 2.28. The first-order valence-corrected chi connectivity index (χ1v) is 6.56. The molecule has 0 radical (unpaired) electrons. The smallest absolute Gasteiger partial charge is 0.410 e. The Morgan fingerprint density at radius 3 is 2.56 bits per heavy atom. The van der Waals surface area contributed by atoms with Crippen molar-refractivity contribution in [2.24, 2.45) is 11.1 Å². The minimum atomic E-state index is -0.425. The van der Waals surface area contributed by atoms with Crippen LogP contribution in [0.25, 0.3) is 0 Å². The van der Waals surface area contributed by atoms with Crippen LogP contribution in [0.5, 0.6) is 0 Å². The zero-order valence-corrected chi connectivity index (χ0v) is 11.6. The van der Waals surface area contributed by atoms with Crippen molar-refractivity contribution in [3.8, 4) is 0 Å². The van der Waals surface area contributed by atoms with E-state index in [1.165, 1.54) is 6.21 Å². The van der Waals surface area contributed by atoms with Gasteiger partial charge in [0, 0.05) is 19.3 Å². The van der Waals surface area contributed by atoms with E-state index in [0.29, 0.717) is 5.92 Å². The maximum Gasteiger partial charge on any atom is 0.410 e. The van der Waals surface area contributed by atoms with Crippen LogP contribution in [0.3, 0.4) is 0 Å². The van der Waals surface area contributed by atoms with Gasteiger partial charge >= 0.3 is 6.09 Å². The number of carbonyl (C=O) groups excluding carboxylic acids is 1. The Kier molecular flexibility index (Phi) is 5.44. The molecule has 1 heterocycles. The van der Waals surface area contributed by atoms with Crippen molar-refractivity contribution in [1.82, 2.24) is 4.90 Å². The summed E-state index contributed by atoms with van der Waals surface area (Å²) in [6, 6.07) is 0. The van der Waals surface area contributed by atoms with Gasteiger partial charge in [0.05, 0.1) is 0 Å². The minimum Gasteiger partial charge on any atom is -0.444 e. The van der Waals surface area contributed by atoms with Crippen molar-refractivity contribution < 1.29 is 14.7 Å². The van der Waals surface area contributed by atoms with Crippen LogP contribution in [-0.4, -0.2) is 41.1 Å². The molecule has 18 heavy (non-hydrogen) atoms. The molecule has 1 fully saturated rings. The lowest BCUT2D eigenvalue weighted by molar-refractivity contribution is 0.0182. The molecule has 5 heteroatoms. The average molecular weight is 256 g/mol. The number of rotatable bonds is 3. The summed E-state index contributed by atoms with van der Waals surface area (Å²) in [7, 11) is 0. The van der Waals surface area contributed by atoms with Crippen molar-refractivity contribution >= 4 is 12.3 Å². The van der Waals surface area contributed by atoms with E-state index in [1.807, 2.05) is 20.8 Å². The Labute approximate surface area is 109 Å². The van der Waals surface area contributed by atoms with Crippen LogP contribution in [0, 0.1) is 5.92 Å². The van der Waals surface area contributed by atoms with E-state index in [-0.39, 0.29) is 6.09 Å². The molecular formula is C13H24N2O3. The summed E-state index contributed by atoms with van der Waals surface area (Å²) in [5.41, 5.74) is -0.425. The SMILES string of the molecule is CC(C)(C)OC(=O)N1CCC(CC/C=N/O)CC1. The normalized spacial score (nSPS) is 18.3. The third-order valence-electron chi connectivity index (χ3n) is 3.05. The number of hydrogen-bond acceptors (Lipinski definition) is 4. The second kappa shape index (κ2) is 6.61. The van der Waals surface area contributed by atoms with E-state index in [4.69, 9.17) is 9.94 Å². The predicted molar refractivity (Wildman–Crippen MR) is 70.0 cm³/mol. The highest BCUT2D eigenvalue weighted by Gasteiger charge is 2.26. The molecule has 0 aromatic heterocycles. The van der Waals surface area contributed by atoms with Gasteiger partial charge in [-0.1, -0.05) is 0 Å². The van der Waals surface area contributed by atoms with E-state index in [9.17, 15) is 4.79 Å². The summed E-state index contributed by atoms with van der Waals surface area (Å²) in [6.07, 6.45) is 5.13. The van der Waals surface area contributed by atoms with E-state index in [1.54, 1.807) is 4.90 Å². The van der Waals surface area contributed by atoms with Gasteiger partial charge in [-0.3, -0.25) is 0 Å². The van der Waals surface area contributed by atoms with Gasteiger partial charge in [-0.15, -0.1) is 5.16 Å². The van der Waals surface area contributed by atoms with Gasteiger partial charge in [-0.25, -0.2) is 4.79 Å². The molecule has 0 saturated carbocycles. The van der Waals surface area contributed by atoms with Crippen molar-refractivity contribution in [2.45, 2.75) is 52.1 Å². The second-order valence-corrected chi connectivity index (χ2v) is 5.79. The molecule has 1 saturated heterocycles. The Bertz CT molecular complexity index is 289. The molecule has 0 bridgehead atoms. The lowest BCUT2D eigenvalue weighted by Gasteiger charge is -2.33. The molecule has 0 atom stereocenters. The first-order chi connectivity index (χ1) is 8.42. The van der Waals surface area contributed by atoms with Gasteiger partial charge in [-0.2, -0.15) is 0 Å². The maximum atomic E-state index is 11.8. The third-order valence-corrected chi connectivity index (χ3v) is 3.05. The van der Waals surface area contributed by atoms with Gasteiger partial charge in [-0.05, 0) is 52.4 Å². The van der Waals surface area contributed by atoms with Gasteiger partial charge in [0.2, 0.25) is 0 Å². The lowest BCUT2D eigenvalue weighted by atomic mass is 9.92. The molecule has 1 N–H and O–H groups in total. The van der Waals surface area contributed by atoms with Crippen molar-refractivity contribution in [1.29, 1.82) is 0 Å². The van der Waals surface area contributed by atoms with Crippen LogP contribution in [0.15, 0.2) is 5.16 Å². The summed E-state index contributed by atoms with van der Waals surface area (Å²) in [5.74, 6) is 0.613. The highest BCUT2D eigenvalue weighted by Crippen LogP contribution is 2.22.